The molecule has 1 N–H and O–H groups in total. The first-order chi connectivity index (χ1) is 9.84. The van der Waals surface area contributed by atoms with E-state index in [0.717, 1.165) is 4.68 Å². The van der Waals surface area contributed by atoms with Crippen LogP contribution in [-0.4, -0.2) is 16.0 Å². The van der Waals surface area contributed by atoms with E-state index in [1.54, 1.807) is 13.0 Å². The zero-order chi connectivity index (χ0) is 15.2. The molecular weight excluding hydrogens is 286 g/mol. The highest BCUT2D eigenvalue weighted by Gasteiger charge is 2.46. The number of fused-ring (bicyclic) bond motifs is 1. The third-order valence-electron chi connectivity index (χ3n) is 3.58. The predicted molar refractivity (Wildman–Crippen MR) is 69.4 cm³/mol. The molecule has 2 aromatic rings. The number of nitrogens with one attached hydrogen (secondary N) is 1. The minimum absolute atomic E-state index is 0.177. The van der Waals surface area contributed by atoms with Crippen LogP contribution in [0.25, 0.3) is 0 Å². The molecule has 0 bridgehead atoms. The Morgan fingerprint density at radius 1 is 1.24 bits per heavy atom. The highest BCUT2D eigenvalue weighted by molar-refractivity contribution is 5.43. The van der Waals surface area contributed by atoms with Crippen LogP contribution in [0.5, 0.6) is 0 Å². The summed E-state index contributed by atoms with van der Waals surface area (Å²) < 4.78 is 53.6. The second-order valence-corrected chi connectivity index (χ2v) is 5.16. The number of hydrogen-bond acceptors (Lipinski definition) is 2. The molecule has 0 aliphatic carbocycles. The SMILES string of the molecule is Cc1cc2n(n1)[C@H](C(F)(F)F)C[C@H](c1ccc(F)cc1)N2. The molecule has 0 saturated carbocycles. The van der Waals surface area contributed by atoms with Gasteiger partial charge in [0.25, 0.3) is 0 Å². The molecule has 2 heterocycles. The minimum Gasteiger partial charge on any atom is -0.363 e. The van der Waals surface area contributed by atoms with Crippen molar-refractivity contribution in [1.29, 1.82) is 0 Å². The summed E-state index contributed by atoms with van der Waals surface area (Å²) in [4.78, 5) is 0. The average Bonchev–Trinajstić information content (AvgIpc) is 2.77. The molecule has 3 rings (SSSR count). The Hall–Kier alpha value is -2.05. The first-order valence-corrected chi connectivity index (χ1v) is 6.49. The van der Waals surface area contributed by atoms with Crippen molar-refractivity contribution in [2.24, 2.45) is 0 Å². The van der Waals surface area contributed by atoms with Crippen LogP contribution in [0.4, 0.5) is 23.4 Å². The molecule has 0 radical (unpaired) electrons. The topological polar surface area (TPSA) is 29.9 Å². The molecule has 112 valence electrons. The van der Waals surface area contributed by atoms with Crippen molar-refractivity contribution < 1.29 is 17.6 Å². The van der Waals surface area contributed by atoms with Crippen molar-refractivity contribution in [3.05, 3.63) is 47.4 Å². The van der Waals surface area contributed by atoms with Gasteiger partial charge in [0.2, 0.25) is 0 Å². The molecule has 0 amide bonds. The molecular formula is C14H13F4N3. The fourth-order valence-electron chi connectivity index (χ4n) is 2.61. The van der Waals surface area contributed by atoms with Crippen LogP contribution in [0.3, 0.4) is 0 Å². The van der Waals surface area contributed by atoms with Crippen LogP contribution in [0.15, 0.2) is 30.3 Å². The zero-order valence-electron chi connectivity index (χ0n) is 11.2. The number of halogens is 4. The Balaban J connectivity index is 1.98. The monoisotopic (exact) mass is 299 g/mol. The second-order valence-electron chi connectivity index (χ2n) is 5.16. The lowest BCUT2D eigenvalue weighted by Crippen LogP contribution is -2.35. The van der Waals surface area contributed by atoms with Crippen molar-refractivity contribution >= 4 is 5.82 Å². The van der Waals surface area contributed by atoms with Gasteiger partial charge in [-0.1, -0.05) is 12.1 Å². The second kappa shape index (κ2) is 4.75. The van der Waals surface area contributed by atoms with E-state index in [-0.39, 0.29) is 6.42 Å². The smallest absolute Gasteiger partial charge is 0.363 e. The van der Waals surface area contributed by atoms with E-state index in [4.69, 9.17) is 0 Å². The van der Waals surface area contributed by atoms with Gasteiger partial charge in [-0.25, -0.2) is 9.07 Å². The van der Waals surface area contributed by atoms with Gasteiger partial charge in [0.1, 0.15) is 11.6 Å². The molecule has 0 spiro atoms. The minimum atomic E-state index is -4.38. The number of hydrogen-bond donors (Lipinski definition) is 1. The average molecular weight is 299 g/mol. The van der Waals surface area contributed by atoms with Crippen LogP contribution < -0.4 is 5.32 Å². The maximum Gasteiger partial charge on any atom is 0.410 e. The van der Waals surface area contributed by atoms with Crippen molar-refractivity contribution in [3.63, 3.8) is 0 Å². The van der Waals surface area contributed by atoms with Gasteiger partial charge in [0, 0.05) is 12.5 Å². The van der Waals surface area contributed by atoms with Crippen LogP contribution in [0.1, 0.15) is 29.8 Å². The van der Waals surface area contributed by atoms with Crippen molar-refractivity contribution in [3.8, 4) is 0 Å². The van der Waals surface area contributed by atoms with Gasteiger partial charge in [0.05, 0.1) is 11.7 Å². The number of aromatic nitrogens is 2. The Bertz CT molecular complexity index is 645. The Morgan fingerprint density at radius 2 is 1.90 bits per heavy atom. The quantitative estimate of drug-likeness (QED) is 0.807. The van der Waals surface area contributed by atoms with Crippen LogP contribution >= 0.6 is 0 Å². The van der Waals surface area contributed by atoms with Crippen molar-refractivity contribution in [2.45, 2.75) is 31.6 Å². The van der Waals surface area contributed by atoms with E-state index in [2.05, 4.69) is 10.4 Å². The number of nitrogens with zero attached hydrogens (tertiary/aromatic N) is 2. The Kier molecular flexibility index (Phi) is 3.15. The van der Waals surface area contributed by atoms with Crippen LogP contribution in [-0.2, 0) is 0 Å². The van der Waals surface area contributed by atoms with E-state index < -0.39 is 24.1 Å². The molecule has 3 nitrogen and oxygen atoms in total. The summed E-state index contributed by atoms with van der Waals surface area (Å²) in [6, 6.07) is 4.86. The Labute approximate surface area is 118 Å². The molecule has 0 fully saturated rings. The summed E-state index contributed by atoms with van der Waals surface area (Å²) >= 11 is 0. The van der Waals surface area contributed by atoms with Gasteiger partial charge in [-0.05, 0) is 24.6 Å². The van der Waals surface area contributed by atoms with E-state index in [1.165, 1.54) is 24.3 Å². The van der Waals surface area contributed by atoms with Crippen LogP contribution in [0.2, 0.25) is 0 Å². The first-order valence-electron chi connectivity index (χ1n) is 6.49. The summed E-state index contributed by atoms with van der Waals surface area (Å²) in [7, 11) is 0. The molecule has 21 heavy (non-hydrogen) atoms. The largest absolute Gasteiger partial charge is 0.410 e. The molecule has 2 atom stereocenters. The number of rotatable bonds is 1. The van der Waals surface area contributed by atoms with Gasteiger partial charge in [-0.15, -0.1) is 0 Å². The van der Waals surface area contributed by atoms with Gasteiger partial charge < -0.3 is 5.32 Å². The number of benzene rings is 1. The molecule has 1 aliphatic rings. The van der Waals surface area contributed by atoms with E-state index in [9.17, 15) is 17.6 Å². The van der Waals surface area contributed by atoms with Gasteiger partial charge >= 0.3 is 6.18 Å². The first kappa shape index (κ1) is 13.9. The fourth-order valence-corrected chi connectivity index (χ4v) is 2.61. The molecule has 7 heteroatoms. The van der Waals surface area contributed by atoms with Gasteiger partial charge in [0.15, 0.2) is 6.04 Å². The lowest BCUT2D eigenvalue weighted by molar-refractivity contribution is -0.173. The van der Waals surface area contributed by atoms with E-state index in [0.29, 0.717) is 17.1 Å². The summed E-state index contributed by atoms with van der Waals surface area (Å²) in [5, 5.41) is 6.95. The normalized spacial score (nSPS) is 21.8. The van der Waals surface area contributed by atoms with Crippen molar-refractivity contribution in [2.75, 3.05) is 5.32 Å². The number of aryl methyl sites for hydroxylation is 1. The lowest BCUT2D eigenvalue weighted by Gasteiger charge is -2.33. The summed E-state index contributed by atoms with van der Waals surface area (Å²) in [6.07, 6.45) is -4.56. The molecule has 0 saturated heterocycles. The lowest BCUT2D eigenvalue weighted by atomic mass is 9.97. The zero-order valence-corrected chi connectivity index (χ0v) is 11.2. The third kappa shape index (κ3) is 2.59. The third-order valence-corrected chi connectivity index (χ3v) is 3.58. The van der Waals surface area contributed by atoms with Gasteiger partial charge in [-0.2, -0.15) is 18.3 Å². The highest BCUT2D eigenvalue weighted by atomic mass is 19.4. The highest BCUT2D eigenvalue weighted by Crippen LogP contribution is 2.43. The molecule has 0 unspecified atom stereocenters. The fraction of sp³-hybridized carbons (Fsp3) is 0.357. The molecule has 1 aliphatic heterocycles. The van der Waals surface area contributed by atoms with Crippen LogP contribution in [0, 0.1) is 12.7 Å². The standard InChI is InChI=1S/C14H13F4N3/c1-8-6-13-19-11(9-2-4-10(15)5-3-9)7-12(14(16,17)18)21(13)20-8/h2-6,11-12,19H,7H2,1H3/t11-,12+/m1/s1. The maximum atomic E-state index is 13.2. The summed E-state index contributed by atoms with van der Waals surface area (Å²) in [5.74, 6) is -0.0850. The predicted octanol–water partition coefficient (Wildman–Crippen LogP) is 3.99. The molecule has 1 aromatic heterocycles. The van der Waals surface area contributed by atoms with E-state index in [1.807, 2.05) is 0 Å². The summed E-state index contributed by atoms with van der Waals surface area (Å²) in [5.41, 5.74) is 1.14. The van der Waals surface area contributed by atoms with Crippen molar-refractivity contribution in [1.82, 2.24) is 9.78 Å². The van der Waals surface area contributed by atoms with Gasteiger partial charge in [-0.3, -0.25) is 0 Å². The Morgan fingerprint density at radius 3 is 2.52 bits per heavy atom. The number of alkyl halides is 3. The van der Waals surface area contributed by atoms with E-state index >= 15 is 0 Å². The summed E-state index contributed by atoms with van der Waals surface area (Å²) in [6.45, 7) is 1.65. The molecule has 1 aromatic carbocycles. The number of anilines is 1. The maximum absolute atomic E-state index is 13.2.